The van der Waals surface area contributed by atoms with E-state index in [4.69, 9.17) is 9.47 Å². The fourth-order valence-electron chi connectivity index (χ4n) is 3.02. The first-order valence-corrected chi connectivity index (χ1v) is 9.26. The highest BCUT2D eigenvalue weighted by molar-refractivity contribution is 7.89. The summed E-state index contributed by atoms with van der Waals surface area (Å²) in [6.07, 6.45) is 5.25. The van der Waals surface area contributed by atoms with Gasteiger partial charge in [0, 0.05) is 38.5 Å². The van der Waals surface area contributed by atoms with Crippen LogP contribution in [0.15, 0.2) is 24.5 Å². The van der Waals surface area contributed by atoms with Gasteiger partial charge in [-0.25, -0.2) is 8.42 Å². The Bertz CT molecular complexity index is 599. The Balaban J connectivity index is 1.53. The molecule has 2 fully saturated rings. The van der Waals surface area contributed by atoms with Crippen LogP contribution in [0.2, 0.25) is 0 Å². The summed E-state index contributed by atoms with van der Waals surface area (Å²) in [6.45, 7) is 3.73. The standard InChI is InChI=1S/C15H22N2O4S/c1-2-22(18,19)17-11-15(12-17)8-14(5-7-21-15)20-10-13-4-3-6-16-9-13/h3-4,6,9,14H,2,5,7-8,10-12H2,1H3/t14-/m1/s1. The summed E-state index contributed by atoms with van der Waals surface area (Å²) in [5.74, 6) is 0.143. The molecule has 2 aliphatic rings. The maximum absolute atomic E-state index is 11.8. The lowest BCUT2D eigenvalue weighted by Crippen LogP contribution is -2.67. The van der Waals surface area contributed by atoms with Gasteiger partial charge in [-0.2, -0.15) is 4.31 Å². The first-order valence-electron chi connectivity index (χ1n) is 7.65. The predicted molar refractivity (Wildman–Crippen MR) is 81.8 cm³/mol. The lowest BCUT2D eigenvalue weighted by Gasteiger charge is -2.52. The van der Waals surface area contributed by atoms with E-state index < -0.39 is 10.0 Å². The molecule has 1 spiro atoms. The van der Waals surface area contributed by atoms with Gasteiger partial charge in [-0.05, 0) is 25.0 Å². The van der Waals surface area contributed by atoms with Crippen molar-refractivity contribution in [3.8, 4) is 0 Å². The number of hydrogen-bond donors (Lipinski definition) is 0. The van der Waals surface area contributed by atoms with E-state index in [0.29, 0.717) is 26.3 Å². The molecule has 0 unspecified atom stereocenters. The van der Waals surface area contributed by atoms with Gasteiger partial charge in [0.05, 0.1) is 24.1 Å². The van der Waals surface area contributed by atoms with Crippen molar-refractivity contribution < 1.29 is 17.9 Å². The maximum atomic E-state index is 11.8. The molecule has 0 N–H and O–H groups in total. The first kappa shape index (κ1) is 15.9. The number of sulfonamides is 1. The monoisotopic (exact) mass is 326 g/mol. The lowest BCUT2D eigenvalue weighted by molar-refractivity contribution is -0.180. The summed E-state index contributed by atoms with van der Waals surface area (Å²) in [6, 6.07) is 3.88. The van der Waals surface area contributed by atoms with Crippen molar-refractivity contribution in [1.82, 2.24) is 9.29 Å². The van der Waals surface area contributed by atoms with Crippen LogP contribution in [0.4, 0.5) is 0 Å². The van der Waals surface area contributed by atoms with E-state index in [1.807, 2.05) is 12.1 Å². The van der Waals surface area contributed by atoms with Gasteiger partial charge in [-0.15, -0.1) is 0 Å². The van der Waals surface area contributed by atoms with E-state index in [9.17, 15) is 8.42 Å². The number of ether oxygens (including phenoxy) is 2. The Kier molecular flexibility index (Phi) is 4.49. The van der Waals surface area contributed by atoms with Gasteiger partial charge in [-0.3, -0.25) is 4.98 Å². The third kappa shape index (κ3) is 3.32. The van der Waals surface area contributed by atoms with E-state index >= 15 is 0 Å². The first-order chi connectivity index (χ1) is 10.5. The summed E-state index contributed by atoms with van der Waals surface area (Å²) in [4.78, 5) is 4.07. The van der Waals surface area contributed by atoms with Gasteiger partial charge in [0.15, 0.2) is 0 Å². The van der Waals surface area contributed by atoms with E-state index in [1.165, 1.54) is 4.31 Å². The summed E-state index contributed by atoms with van der Waals surface area (Å²) < 4.78 is 37.0. The van der Waals surface area contributed by atoms with Gasteiger partial charge < -0.3 is 9.47 Å². The van der Waals surface area contributed by atoms with Gasteiger partial charge in [0.25, 0.3) is 0 Å². The molecule has 2 aliphatic heterocycles. The highest BCUT2D eigenvalue weighted by Gasteiger charge is 2.51. The molecule has 6 nitrogen and oxygen atoms in total. The van der Waals surface area contributed by atoms with Crippen LogP contribution < -0.4 is 0 Å². The molecule has 0 bridgehead atoms. The van der Waals surface area contributed by atoms with Crippen LogP contribution in [0, 0.1) is 0 Å². The Hall–Kier alpha value is -1.02. The number of pyridine rings is 1. The second-order valence-electron chi connectivity index (χ2n) is 5.99. The Morgan fingerprint density at radius 3 is 3.00 bits per heavy atom. The van der Waals surface area contributed by atoms with Crippen molar-refractivity contribution >= 4 is 10.0 Å². The molecular weight excluding hydrogens is 304 g/mol. The van der Waals surface area contributed by atoms with E-state index in [2.05, 4.69) is 4.98 Å². The molecule has 122 valence electrons. The van der Waals surface area contributed by atoms with Crippen molar-refractivity contribution in [2.45, 2.75) is 38.1 Å². The molecule has 0 saturated carbocycles. The molecule has 1 aromatic rings. The lowest BCUT2D eigenvalue weighted by atomic mass is 9.86. The number of nitrogens with zero attached hydrogens (tertiary/aromatic N) is 2. The molecule has 0 aromatic carbocycles. The van der Waals surface area contributed by atoms with Crippen LogP contribution >= 0.6 is 0 Å². The zero-order valence-corrected chi connectivity index (χ0v) is 13.6. The molecule has 2 saturated heterocycles. The molecule has 22 heavy (non-hydrogen) atoms. The molecule has 1 aromatic heterocycles. The molecule has 0 radical (unpaired) electrons. The summed E-state index contributed by atoms with van der Waals surface area (Å²) in [5.41, 5.74) is 0.701. The minimum Gasteiger partial charge on any atom is -0.373 e. The van der Waals surface area contributed by atoms with Crippen LogP contribution in [0.5, 0.6) is 0 Å². The van der Waals surface area contributed by atoms with Crippen LogP contribution in [0.3, 0.4) is 0 Å². The largest absolute Gasteiger partial charge is 0.373 e. The summed E-state index contributed by atoms with van der Waals surface area (Å²) in [7, 11) is -3.11. The van der Waals surface area contributed by atoms with Crippen LogP contribution in [0.25, 0.3) is 0 Å². The van der Waals surface area contributed by atoms with E-state index in [1.54, 1.807) is 19.3 Å². The van der Waals surface area contributed by atoms with Crippen molar-refractivity contribution in [1.29, 1.82) is 0 Å². The number of rotatable bonds is 5. The zero-order chi connectivity index (χ0) is 15.6. The van der Waals surface area contributed by atoms with Crippen LogP contribution in [-0.2, 0) is 26.1 Å². The van der Waals surface area contributed by atoms with Gasteiger partial charge in [-0.1, -0.05) is 6.07 Å². The second-order valence-corrected chi connectivity index (χ2v) is 8.24. The Morgan fingerprint density at radius 2 is 2.32 bits per heavy atom. The highest BCUT2D eigenvalue weighted by Crippen LogP contribution is 2.37. The number of hydrogen-bond acceptors (Lipinski definition) is 5. The van der Waals surface area contributed by atoms with Gasteiger partial charge >= 0.3 is 0 Å². The normalized spacial score (nSPS) is 25.0. The molecule has 3 heterocycles. The van der Waals surface area contributed by atoms with E-state index in [0.717, 1.165) is 18.4 Å². The van der Waals surface area contributed by atoms with Gasteiger partial charge in [0.1, 0.15) is 0 Å². The maximum Gasteiger partial charge on any atom is 0.214 e. The van der Waals surface area contributed by atoms with Crippen molar-refractivity contribution in [2.24, 2.45) is 0 Å². The highest BCUT2D eigenvalue weighted by atomic mass is 32.2. The fourth-order valence-corrected chi connectivity index (χ4v) is 4.25. The smallest absolute Gasteiger partial charge is 0.214 e. The average Bonchev–Trinajstić information content (AvgIpc) is 2.52. The third-order valence-electron chi connectivity index (χ3n) is 4.34. The Labute approximate surface area is 131 Å². The summed E-state index contributed by atoms with van der Waals surface area (Å²) >= 11 is 0. The van der Waals surface area contributed by atoms with Crippen molar-refractivity contribution in [3.05, 3.63) is 30.1 Å². The van der Waals surface area contributed by atoms with Gasteiger partial charge in [0.2, 0.25) is 10.0 Å². The number of aromatic nitrogens is 1. The topological polar surface area (TPSA) is 68.7 Å². The van der Waals surface area contributed by atoms with Crippen LogP contribution in [0.1, 0.15) is 25.3 Å². The third-order valence-corrected chi connectivity index (χ3v) is 6.12. The molecule has 3 rings (SSSR count). The van der Waals surface area contributed by atoms with E-state index in [-0.39, 0.29) is 17.5 Å². The quantitative estimate of drug-likeness (QED) is 0.813. The van der Waals surface area contributed by atoms with Crippen molar-refractivity contribution in [3.63, 3.8) is 0 Å². The Morgan fingerprint density at radius 1 is 1.50 bits per heavy atom. The van der Waals surface area contributed by atoms with Crippen molar-refractivity contribution in [2.75, 3.05) is 25.4 Å². The fraction of sp³-hybridized carbons (Fsp3) is 0.667. The SMILES string of the molecule is CCS(=O)(=O)N1CC2(C[C@H](OCc3cccnc3)CCO2)C1. The minimum atomic E-state index is -3.11. The molecule has 0 aliphatic carbocycles. The second kappa shape index (κ2) is 6.23. The average molecular weight is 326 g/mol. The molecular formula is C15H22N2O4S. The minimum absolute atomic E-state index is 0.112. The molecule has 7 heteroatoms. The van der Waals surface area contributed by atoms with Crippen LogP contribution in [-0.4, -0.2) is 54.9 Å². The summed E-state index contributed by atoms with van der Waals surface area (Å²) in [5, 5.41) is 0. The molecule has 0 amide bonds. The zero-order valence-electron chi connectivity index (χ0n) is 12.8. The predicted octanol–water partition coefficient (Wildman–Crippen LogP) is 1.18. The molecule has 1 atom stereocenters.